The third-order valence-corrected chi connectivity index (χ3v) is 5.83. The van der Waals surface area contributed by atoms with E-state index in [1.807, 2.05) is 18.2 Å². The Balaban J connectivity index is 1.52. The van der Waals surface area contributed by atoms with Crippen molar-refractivity contribution in [1.29, 1.82) is 0 Å². The van der Waals surface area contributed by atoms with Gasteiger partial charge in [-0.15, -0.1) is 0 Å². The van der Waals surface area contributed by atoms with Crippen LogP contribution in [0.1, 0.15) is 31.2 Å². The van der Waals surface area contributed by atoms with E-state index >= 15 is 0 Å². The van der Waals surface area contributed by atoms with Gasteiger partial charge in [0.1, 0.15) is 0 Å². The van der Waals surface area contributed by atoms with Crippen molar-refractivity contribution in [3.8, 4) is 0 Å². The highest BCUT2D eigenvalue weighted by molar-refractivity contribution is 6.33. The molecule has 3 aliphatic rings. The molecule has 2 nitrogen and oxygen atoms in total. The van der Waals surface area contributed by atoms with Gasteiger partial charge in [-0.3, -0.25) is 4.90 Å². The Hall–Kier alpha value is -0.280. The molecule has 1 N–H and O–H groups in total. The van der Waals surface area contributed by atoms with Crippen molar-refractivity contribution in [3.05, 3.63) is 33.8 Å². The van der Waals surface area contributed by atoms with Gasteiger partial charge in [0.25, 0.3) is 0 Å². The van der Waals surface area contributed by atoms with Crippen molar-refractivity contribution in [2.75, 3.05) is 13.1 Å². The first kappa shape index (κ1) is 14.3. The number of hydrogen-bond acceptors (Lipinski definition) is 2. The minimum absolute atomic E-state index is 0.676. The third kappa shape index (κ3) is 3.24. The fourth-order valence-electron chi connectivity index (χ4n) is 3.68. The quantitative estimate of drug-likeness (QED) is 0.901. The van der Waals surface area contributed by atoms with Crippen molar-refractivity contribution < 1.29 is 0 Å². The van der Waals surface area contributed by atoms with Gasteiger partial charge in [0.2, 0.25) is 0 Å². The highest BCUT2D eigenvalue weighted by Gasteiger charge is 2.42. The van der Waals surface area contributed by atoms with E-state index in [0.29, 0.717) is 12.1 Å². The van der Waals surface area contributed by atoms with Gasteiger partial charge in [-0.2, -0.15) is 0 Å². The predicted molar refractivity (Wildman–Crippen MR) is 87.9 cm³/mol. The first-order valence-corrected chi connectivity index (χ1v) is 8.87. The zero-order valence-electron chi connectivity index (χ0n) is 12.2. The number of nitrogens with one attached hydrogen (secondary N) is 1. The highest BCUT2D eigenvalue weighted by Crippen LogP contribution is 2.40. The molecule has 3 fully saturated rings. The number of hydrogen-bond donors (Lipinski definition) is 1. The molecule has 1 aliphatic heterocycles. The van der Waals surface area contributed by atoms with Crippen LogP contribution in [0, 0.1) is 11.8 Å². The molecule has 1 aromatic carbocycles. The first-order chi connectivity index (χ1) is 10.2. The second-order valence-electron chi connectivity index (χ2n) is 6.92. The van der Waals surface area contributed by atoms with Crippen molar-refractivity contribution >= 4 is 23.2 Å². The number of nitrogens with zero attached hydrogens (tertiary/aromatic N) is 1. The zero-order valence-corrected chi connectivity index (χ0v) is 13.7. The third-order valence-electron chi connectivity index (χ3n) is 5.23. The van der Waals surface area contributed by atoms with Crippen molar-refractivity contribution in [3.63, 3.8) is 0 Å². The molecule has 114 valence electrons. The van der Waals surface area contributed by atoms with Gasteiger partial charge in [-0.05, 0) is 61.3 Å². The largest absolute Gasteiger partial charge is 0.311 e. The summed E-state index contributed by atoms with van der Waals surface area (Å²) in [5.41, 5.74) is 1.17. The van der Waals surface area contributed by atoms with Gasteiger partial charge in [-0.25, -0.2) is 0 Å². The van der Waals surface area contributed by atoms with Crippen LogP contribution in [0.25, 0.3) is 0 Å². The smallest absolute Gasteiger partial charge is 0.0452 e. The van der Waals surface area contributed by atoms with E-state index in [2.05, 4.69) is 10.2 Å². The molecule has 4 rings (SSSR count). The monoisotopic (exact) mass is 324 g/mol. The summed E-state index contributed by atoms with van der Waals surface area (Å²) < 4.78 is 0. The Morgan fingerprint density at radius 1 is 1.10 bits per heavy atom. The molecule has 1 saturated heterocycles. The first-order valence-electron chi connectivity index (χ1n) is 8.12. The summed E-state index contributed by atoms with van der Waals surface area (Å²) in [6.07, 6.45) is 5.58. The number of halogens is 2. The lowest BCUT2D eigenvalue weighted by Crippen LogP contribution is -2.57. The Kier molecular flexibility index (Phi) is 3.91. The Morgan fingerprint density at radius 3 is 2.57 bits per heavy atom. The SMILES string of the molecule is Clc1ccc(Cl)c(CN2CC(C3CC3)NCC2C2CC2)c1. The van der Waals surface area contributed by atoms with Crippen LogP contribution < -0.4 is 5.32 Å². The molecule has 0 amide bonds. The second kappa shape index (κ2) is 5.73. The van der Waals surface area contributed by atoms with E-state index in [-0.39, 0.29) is 0 Å². The molecule has 0 bridgehead atoms. The Labute approximate surface area is 136 Å². The molecule has 2 saturated carbocycles. The van der Waals surface area contributed by atoms with Gasteiger partial charge < -0.3 is 5.32 Å². The summed E-state index contributed by atoms with van der Waals surface area (Å²) >= 11 is 12.5. The van der Waals surface area contributed by atoms with Gasteiger partial charge in [0, 0.05) is 41.8 Å². The van der Waals surface area contributed by atoms with Crippen molar-refractivity contribution in [2.24, 2.45) is 11.8 Å². The van der Waals surface area contributed by atoms with Gasteiger partial charge >= 0.3 is 0 Å². The minimum atomic E-state index is 0.676. The van der Waals surface area contributed by atoms with Crippen LogP contribution in [0.3, 0.4) is 0 Å². The van der Waals surface area contributed by atoms with Crippen LogP contribution >= 0.6 is 23.2 Å². The molecule has 0 spiro atoms. The van der Waals surface area contributed by atoms with Crippen molar-refractivity contribution in [1.82, 2.24) is 10.2 Å². The lowest BCUT2D eigenvalue weighted by Gasteiger charge is -2.41. The summed E-state index contributed by atoms with van der Waals surface area (Å²) in [6, 6.07) is 7.18. The van der Waals surface area contributed by atoms with Crippen LogP contribution in [0.4, 0.5) is 0 Å². The van der Waals surface area contributed by atoms with Crippen LogP contribution in [0.5, 0.6) is 0 Å². The number of piperazine rings is 1. The summed E-state index contributed by atoms with van der Waals surface area (Å²) in [5.74, 6) is 1.79. The van der Waals surface area contributed by atoms with Crippen LogP contribution in [0.15, 0.2) is 18.2 Å². The van der Waals surface area contributed by atoms with Crippen molar-refractivity contribution in [2.45, 2.75) is 44.3 Å². The lowest BCUT2D eigenvalue weighted by molar-refractivity contribution is 0.100. The molecule has 2 unspecified atom stereocenters. The summed E-state index contributed by atoms with van der Waals surface area (Å²) in [7, 11) is 0. The summed E-state index contributed by atoms with van der Waals surface area (Å²) in [5, 5.41) is 5.42. The maximum Gasteiger partial charge on any atom is 0.0452 e. The van der Waals surface area contributed by atoms with E-state index in [9.17, 15) is 0 Å². The second-order valence-corrected chi connectivity index (χ2v) is 7.77. The van der Waals surface area contributed by atoms with Crippen LogP contribution in [-0.2, 0) is 6.54 Å². The number of rotatable bonds is 4. The molecule has 2 atom stereocenters. The topological polar surface area (TPSA) is 15.3 Å². The molecule has 0 aromatic heterocycles. The molecule has 1 aromatic rings. The molecule has 1 heterocycles. The maximum atomic E-state index is 6.37. The maximum absolute atomic E-state index is 6.37. The average Bonchev–Trinajstić information content (AvgIpc) is 3.36. The standard InChI is InChI=1S/C17H22Cl2N2/c18-14-5-6-15(19)13(7-14)9-21-10-16(11-1-2-11)20-8-17(21)12-3-4-12/h5-7,11-12,16-17,20H,1-4,8-10H2. The molecular weight excluding hydrogens is 303 g/mol. The fourth-order valence-corrected chi connectivity index (χ4v) is 4.05. The lowest BCUT2D eigenvalue weighted by atomic mass is 10.0. The van der Waals surface area contributed by atoms with E-state index in [1.54, 1.807) is 0 Å². The minimum Gasteiger partial charge on any atom is -0.311 e. The van der Waals surface area contributed by atoms with E-state index in [1.165, 1.54) is 31.2 Å². The van der Waals surface area contributed by atoms with E-state index in [4.69, 9.17) is 23.2 Å². The highest BCUT2D eigenvalue weighted by atomic mass is 35.5. The van der Waals surface area contributed by atoms with Crippen LogP contribution in [-0.4, -0.2) is 30.1 Å². The van der Waals surface area contributed by atoms with Gasteiger partial charge in [-0.1, -0.05) is 23.2 Å². The predicted octanol–water partition coefficient (Wildman–Crippen LogP) is 3.96. The average molecular weight is 325 g/mol. The molecule has 4 heteroatoms. The Morgan fingerprint density at radius 2 is 1.86 bits per heavy atom. The molecule has 21 heavy (non-hydrogen) atoms. The van der Waals surface area contributed by atoms with E-state index in [0.717, 1.165) is 41.5 Å². The normalized spacial score (nSPS) is 30.6. The Bertz CT molecular complexity index is 526. The molecule has 0 radical (unpaired) electrons. The fraction of sp³-hybridized carbons (Fsp3) is 0.647. The number of benzene rings is 1. The zero-order chi connectivity index (χ0) is 14.4. The molecule has 2 aliphatic carbocycles. The van der Waals surface area contributed by atoms with Gasteiger partial charge in [0.15, 0.2) is 0 Å². The van der Waals surface area contributed by atoms with E-state index < -0.39 is 0 Å². The molecular formula is C17H22Cl2N2. The summed E-state index contributed by atoms with van der Waals surface area (Å²) in [4.78, 5) is 2.66. The summed E-state index contributed by atoms with van der Waals surface area (Å²) in [6.45, 7) is 3.24. The van der Waals surface area contributed by atoms with Crippen LogP contribution in [0.2, 0.25) is 10.0 Å². The van der Waals surface area contributed by atoms with Gasteiger partial charge in [0.05, 0.1) is 0 Å².